The standard InChI is InChI=1S/C15H14N2O3/c1-9-5-6-11(15(19)20)8-12(9)17-14(18)13-10(2)4-3-7-16-13/h3-8H,1-2H3,(H,17,18)(H,19,20). The molecule has 1 heterocycles. The van der Waals surface area contributed by atoms with E-state index >= 15 is 0 Å². The summed E-state index contributed by atoms with van der Waals surface area (Å²) >= 11 is 0. The van der Waals surface area contributed by atoms with E-state index in [4.69, 9.17) is 5.11 Å². The highest BCUT2D eigenvalue weighted by atomic mass is 16.4. The van der Waals surface area contributed by atoms with E-state index in [2.05, 4.69) is 10.3 Å². The quantitative estimate of drug-likeness (QED) is 0.898. The Morgan fingerprint density at radius 1 is 1.15 bits per heavy atom. The maximum atomic E-state index is 12.1. The molecule has 0 bridgehead atoms. The average Bonchev–Trinajstić information content (AvgIpc) is 2.41. The van der Waals surface area contributed by atoms with E-state index in [1.54, 1.807) is 38.2 Å². The lowest BCUT2D eigenvalue weighted by atomic mass is 10.1. The predicted molar refractivity (Wildman–Crippen MR) is 75.1 cm³/mol. The molecule has 0 fully saturated rings. The van der Waals surface area contributed by atoms with Crippen molar-refractivity contribution in [1.82, 2.24) is 4.98 Å². The lowest BCUT2D eigenvalue weighted by Crippen LogP contribution is -2.16. The molecule has 1 aromatic carbocycles. The van der Waals surface area contributed by atoms with Gasteiger partial charge in [-0.1, -0.05) is 12.1 Å². The van der Waals surface area contributed by atoms with Crippen LogP contribution >= 0.6 is 0 Å². The van der Waals surface area contributed by atoms with Gasteiger partial charge in [0.05, 0.1) is 5.56 Å². The van der Waals surface area contributed by atoms with Gasteiger partial charge in [-0.2, -0.15) is 0 Å². The Kier molecular flexibility index (Phi) is 3.79. The Balaban J connectivity index is 2.30. The summed E-state index contributed by atoms with van der Waals surface area (Å²) in [5, 5.41) is 11.7. The number of pyridine rings is 1. The first-order valence-electron chi connectivity index (χ1n) is 6.06. The Morgan fingerprint density at radius 3 is 2.55 bits per heavy atom. The molecular weight excluding hydrogens is 256 g/mol. The van der Waals surface area contributed by atoms with Crippen LogP contribution in [-0.4, -0.2) is 22.0 Å². The van der Waals surface area contributed by atoms with Crippen molar-refractivity contribution in [3.8, 4) is 0 Å². The van der Waals surface area contributed by atoms with Gasteiger partial charge in [-0.3, -0.25) is 9.78 Å². The fourth-order valence-electron chi connectivity index (χ4n) is 1.79. The van der Waals surface area contributed by atoms with Crippen molar-refractivity contribution in [1.29, 1.82) is 0 Å². The van der Waals surface area contributed by atoms with Crippen LogP contribution in [0.3, 0.4) is 0 Å². The fraction of sp³-hybridized carbons (Fsp3) is 0.133. The monoisotopic (exact) mass is 270 g/mol. The van der Waals surface area contributed by atoms with E-state index in [0.29, 0.717) is 11.4 Å². The van der Waals surface area contributed by atoms with E-state index in [1.165, 1.54) is 12.1 Å². The van der Waals surface area contributed by atoms with Crippen molar-refractivity contribution in [2.45, 2.75) is 13.8 Å². The molecular formula is C15H14N2O3. The summed E-state index contributed by atoms with van der Waals surface area (Å²) in [6.07, 6.45) is 1.54. The van der Waals surface area contributed by atoms with Crippen molar-refractivity contribution in [2.75, 3.05) is 5.32 Å². The first-order chi connectivity index (χ1) is 9.49. The number of amides is 1. The third kappa shape index (κ3) is 2.83. The molecule has 0 atom stereocenters. The van der Waals surface area contributed by atoms with Crippen LogP contribution in [0.25, 0.3) is 0 Å². The van der Waals surface area contributed by atoms with Gasteiger partial charge >= 0.3 is 5.97 Å². The Labute approximate surface area is 116 Å². The molecule has 5 nitrogen and oxygen atoms in total. The topological polar surface area (TPSA) is 79.3 Å². The second kappa shape index (κ2) is 5.52. The molecule has 2 rings (SSSR count). The summed E-state index contributed by atoms with van der Waals surface area (Å²) in [5.74, 6) is -1.39. The molecule has 0 aliphatic heterocycles. The number of nitrogens with one attached hydrogen (secondary N) is 1. The number of carbonyl (C=O) groups excluding carboxylic acids is 1. The van der Waals surface area contributed by atoms with Gasteiger partial charge in [-0.05, 0) is 43.2 Å². The summed E-state index contributed by atoms with van der Waals surface area (Å²) in [7, 11) is 0. The predicted octanol–water partition coefficient (Wildman–Crippen LogP) is 2.65. The molecule has 0 saturated carbocycles. The minimum absolute atomic E-state index is 0.128. The molecule has 20 heavy (non-hydrogen) atoms. The summed E-state index contributed by atoms with van der Waals surface area (Å²) < 4.78 is 0. The van der Waals surface area contributed by atoms with Crippen molar-refractivity contribution in [3.63, 3.8) is 0 Å². The van der Waals surface area contributed by atoms with Crippen molar-refractivity contribution < 1.29 is 14.7 Å². The largest absolute Gasteiger partial charge is 0.478 e. The van der Waals surface area contributed by atoms with Gasteiger partial charge in [0, 0.05) is 11.9 Å². The maximum absolute atomic E-state index is 12.1. The van der Waals surface area contributed by atoms with E-state index < -0.39 is 5.97 Å². The number of anilines is 1. The number of aromatic nitrogens is 1. The van der Waals surface area contributed by atoms with Gasteiger partial charge in [0.15, 0.2) is 0 Å². The zero-order valence-corrected chi connectivity index (χ0v) is 11.2. The molecule has 0 aliphatic carbocycles. The molecule has 102 valence electrons. The summed E-state index contributed by atoms with van der Waals surface area (Å²) in [4.78, 5) is 27.1. The van der Waals surface area contributed by atoms with Gasteiger partial charge in [0.2, 0.25) is 0 Å². The van der Waals surface area contributed by atoms with Crippen LogP contribution in [0.1, 0.15) is 32.0 Å². The minimum atomic E-state index is -1.03. The van der Waals surface area contributed by atoms with E-state index in [0.717, 1.165) is 11.1 Å². The number of aromatic carboxylic acids is 1. The molecule has 0 saturated heterocycles. The Bertz CT molecular complexity index is 681. The molecule has 2 N–H and O–H groups in total. The minimum Gasteiger partial charge on any atom is -0.478 e. The van der Waals surface area contributed by atoms with Crippen LogP contribution < -0.4 is 5.32 Å². The molecule has 1 amide bonds. The summed E-state index contributed by atoms with van der Waals surface area (Å²) in [6.45, 7) is 3.59. The number of aryl methyl sites for hydroxylation is 2. The number of hydrogen-bond acceptors (Lipinski definition) is 3. The van der Waals surface area contributed by atoms with Gasteiger partial charge in [-0.25, -0.2) is 4.79 Å². The van der Waals surface area contributed by atoms with E-state index in [-0.39, 0.29) is 11.5 Å². The SMILES string of the molecule is Cc1ccc(C(=O)O)cc1NC(=O)c1ncccc1C. The molecule has 1 aromatic heterocycles. The lowest BCUT2D eigenvalue weighted by Gasteiger charge is -2.10. The highest BCUT2D eigenvalue weighted by Crippen LogP contribution is 2.18. The van der Waals surface area contributed by atoms with Crippen LogP contribution in [0.5, 0.6) is 0 Å². The number of carboxylic acids is 1. The second-order valence-corrected chi connectivity index (χ2v) is 4.46. The van der Waals surface area contributed by atoms with Crippen LogP contribution in [0.15, 0.2) is 36.5 Å². The van der Waals surface area contributed by atoms with Crippen LogP contribution in [0.2, 0.25) is 0 Å². The number of nitrogens with zero attached hydrogens (tertiary/aromatic N) is 1. The van der Waals surface area contributed by atoms with Crippen LogP contribution in [0, 0.1) is 13.8 Å². The van der Waals surface area contributed by atoms with E-state index in [9.17, 15) is 9.59 Å². The normalized spacial score (nSPS) is 10.1. The van der Waals surface area contributed by atoms with Gasteiger partial charge < -0.3 is 10.4 Å². The smallest absolute Gasteiger partial charge is 0.335 e. The van der Waals surface area contributed by atoms with E-state index in [1.807, 2.05) is 0 Å². The van der Waals surface area contributed by atoms with Crippen molar-refractivity contribution in [2.24, 2.45) is 0 Å². The van der Waals surface area contributed by atoms with Gasteiger partial charge in [-0.15, -0.1) is 0 Å². The highest BCUT2D eigenvalue weighted by Gasteiger charge is 2.13. The maximum Gasteiger partial charge on any atom is 0.335 e. The summed E-state index contributed by atoms with van der Waals surface area (Å²) in [5.41, 5.74) is 2.48. The Hall–Kier alpha value is -2.69. The van der Waals surface area contributed by atoms with Crippen LogP contribution in [0.4, 0.5) is 5.69 Å². The highest BCUT2D eigenvalue weighted by molar-refractivity contribution is 6.04. The zero-order chi connectivity index (χ0) is 14.7. The zero-order valence-electron chi connectivity index (χ0n) is 11.2. The molecule has 2 aromatic rings. The average molecular weight is 270 g/mol. The lowest BCUT2D eigenvalue weighted by molar-refractivity contribution is 0.0696. The van der Waals surface area contributed by atoms with Crippen molar-refractivity contribution in [3.05, 3.63) is 58.9 Å². The fourth-order valence-corrected chi connectivity index (χ4v) is 1.79. The molecule has 0 unspecified atom stereocenters. The number of hydrogen-bond donors (Lipinski definition) is 2. The molecule has 0 radical (unpaired) electrons. The van der Waals surface area contributed by atoms with Gasteiger partial charge in [0.25, 0.3) is 5.91 Å². The number of carboxylic acid groups (broad SMARTS) is 1. The summed E-state index contributed by atoms with van der Waals surface area (Å²) in [6, 6.07) is 8.14. The Morgan fingerprint density at radius 2 is 1.90 bits per heavy atom. The number of carbonyl (C=O) groups is 2. The third-order valence-corrected chi connectivity index (χ3v) is 2.96. The number of benzene rings is 1. The van der Waals surface area contributed by atoms with Gasteiger partial charge in [0.1, 0.15) is 5.69 Å². The second-order valence-electron chi connectivity index (χ2n) is 4.46. The molecule has 0 aliphatic rings. The first-order valence-corrected chi connectivity index (χ1v) is 6.06. The molecule has 0 spiro atoms. The third-order valence-electron chi connectivity index (χ3n) is 2.96. The van der Waals surface area contributed by atoms with Crippen LogP contribution in [-0.2, 0) is 0 Å². The number of rotatable bonds is 3. The van der Waals surface area contributed by atoms with Crippen molar-refractivity contribution >= 4 is 17.6 Å². The first kappa shape index (κ1) is 13.7. The molecule has 5 heteroatoms.